The average molecular weight is 435 g/mol. The quantitative estimate of drug-likeness (QED) is 0.0751. The Morgan fingerprint density at radius 3 is 1.13 bits per heavy atom. The lowest BCUT2D eigenvalue weighted by atomic mass is 10.0. The molecule has 0 aromatic rings. The van der Waals surface area contributed by atoms with Gasteiger partial charge >= 0.3 is 0 Å². The van der Waals surface area contributed by atoms with Crippen molar-refractivity contribution in [2.75, 3.05) is 0 Å². The summed E-state index contributed by atoms with van der Waals surface area (Å²) in [5.41, 5.74) is 1.05. The molecule has 0 aromatic heterocycles. The molecule has 31 heavy (non-hydrogen) atoms. The van der Waals surface area contributed by atoms with Crippen LogP contribution in [0.1, 0.15) is 174 Å². The SMILES string of the molecule is CCCCCCCCCCCCC/C=C(/C=O)CCCCCCCCCCCCCC. The van der Waals surface area contributed by atoms with E-state index in [-0.39, 0.29) is 0 Å². The van der Waals surface area contributed by atoms with Crippen molar-refractivity contribution < 1.29 is 4.79 Å². The molecule has 0 saturated heterocycles. The van der Waals surface area contributed by atoms with Gasteiger partial charge in [-0.3, -0.25) is 4.79 Å². The summed E-state index contributed by atoms with van der Waals surface area (Å²) in [5.74, 6) is 0. The minimum atomic E-state index is 0.999. The van der Waals surface area contributed by atoms with E-state index < -0.39 is 0 Å². The van der Waals surface area contributed by atoms with Gasteiger partial charge in [0, 0.05) is 0 Å². The fourth-order valence-corrected chi connectivity index (χ4v) is 4.48. The first-order chi connectivity index (χ1) is 15.3. The van der Waals surface area contributed by atoms with Crippen LogP contribution >= 0.6 is 0 Å². The maximum absolute atomic E-state index is 11.3. The van der Waals surface area contributed by atoms with Crippen molar-refractivity contribution in [1.29, 1.82) is 0 Å². The van der Waals surface area contributed by atoms with E-state index in [9.17, 15) is 4.79 Å². The zero-order valence-electron chi connectivity index (χ0n) is 21.7. The Morgan fingerprint density at radius 1 is 0.452 bits per heavy atom. The van der Waals surface area contributed by atoms with E-state index >= 15 is 0 Å². The smallest absolute Gasteiger partial charge is 0.145 e. The predicted molar refractivity (Wildman–Crippen MR) is 141 cm³/mol. The Hall–Kier alpha value is -0.590. The van der Waals surface area contributed by atoms with Gasteiger partial charge in [0.2, 0.25) is 0 Å². The van der Waals surface area contributed by atoms with Crippen LogP contribution in [0.15, 0.2) is 11.6 Å². The molecule has 0 spiro atoms. The van der Waals surface area contributed by atoms with Crippen molar-refractivity contribution in [3.05, 3.63) is 11.6 Å². The molecule has 0 atom stereocenters. The third-order valence-electron chi connectivity index (χ3n) is 6.68. The summed E-state index contributed by atoms with van der Waals surface area (Å²) in [6, 6.07) is 0. The number of allylic oxidation sites excluding steroid dienone is 2. The Labute approximate surface area is 197 Å². The molecule has 0 heterocycles. The molecule has 0 aromatic carbocycles. The summed E-state index contributed by atoms with van der Waals surface area (Å²) in [7, 11) is 0. The highest BCUT2D eigenvalue weighted by Gasteiger charge is 1.98. The van der Waals surface area contributed by atoms with Crippen LogP contribution in [-0.2, 0) is 4.79 Å². The van der Waals surface area contributed by atoms with Gasteiger partial charge in [-0.05, 0) is 31.3 Å². The summed E-state index contributed by atoms with van der Waals surface area (Å²) in [4.78, 5) is 11.3. The van der Waals surface area contributed by atoms with E-state index in [0.29, 0.717) is 0 Å². The van der Waals surface area contributed by atoms with E-state index in [0.717, 1.165) is 24.7 Å². The highest BCUT2D eigenvalue weighted by atomic mass is 16.1. The fraction of sp³-hybridized carbons (Fsp3) is 0.900. The number of hydrogen-bond donors (Lipinski definition) is 0. The lowest BCUT2D eigenvalue weighted by Crippen LogP contribution is -1.88. The number of unbranched alkanes of at least 4 members (excludes halogenated alkanes) is 22. The van der Waals surface area contributed by atoms with Crippen LogP contribution < -0.4 is 0 Å². The van der Waals surface area contributed by atoms with Crippen LogP contribution in [0.5, 0.6) is 0 Å². The molecule has 0 fully saturated rings. The molecule has 1 nitrogen and oxygen atoms in total. The van der Waals surface area contributed by atoms with Crippen molar-refractivity contribution in [2.24, 2.45) is 0 Å². The minimum absolute atomic E-state index is 0.999. The van der Waals surface area contributed by atoms with Crippen LogP contribution in [0, 0.1) is 0 Å². The number of carbonyl (C=O) groups is 1. The van der Waals surface area contributed by atoms with E-state index in [1.54, 1.807) is 0 Å². The van der Waals surface area contributed by atoms with Crippen LogP contribution in [-0.4, -0.2) is 6.29 Å². The number of carbonyl (C=O) groups excluding carboxylic acids is 1. The molecule has 184 valence electrons. The third-order valence-corrected chi connectivity index (χ3v) is 6.68. The first-order valence-electron chi connectivity index (χ1n) is 14.5. The second kappa shape index (κ2) is 27.4. The molecule has 0 bridgehead atoms. The maximum atomic E-state index is 11.3. The molecule has 0 saturated carbocycles. The normalized spacial score (nSPS) is 11.9. The lowest BCUT2D eigenvalue weighted by Gasteiger charge is -2.04. The van der Waals surface area contributed by atoms with Gasteiger partial charge in [-0.2, -0.15) is 0 Å². The molecule has 0 aliphatic carbocycles. The second-order valence-corrected chi connectivity index (χ2v) is 9.86. The van der Waals surface area contributed by atoms with Crippen molar-refractivity contribution in [1.82, 2.24) is 0 Å². The van der Waals surface area contributed by atoms with Crippen LogP contribution in [0.2, 0.25) is 0 Å². The molecule has 1 heteroatoms. The molecule has 0 aliphatic heterocycles. The standard InChI is InChI=1S/C30H58O/c1-3-5-7-9-11-13-15-17-19-21-23-25-27-30(29-31)28-26-24-22-20-18-16-14-12-10-8-6-4-2/h27,29H,3-26,28H2,1-2H3/b30-27+. The van der Waals surface area contributed by atoms with Gasteiger partial charge in [0.05, 0.1) is 0 Å². The van der Waals surface area contributed by atoms with Crippen molar-refractivity contribution in [2.45, 2.75) is 174 Å². The second-order valence-electron chi connectivity index (χ2n) is 9.86. The zero-order valence-corrected chi connectivity index (χ0v) is 21.7. The number of aldehydes is 1. The topological polar surface area (TPSA) is 17.1 Å². The molecule has 0 unspecified atom stereocenters. The summed E-state index contributed by atoms with van der Waals surface area (Å²) < 4.78 is 0. The van der Waals surface area contributed by atoms with Gasteiger partial charge in [0.25, 0.3) is 0 Å². The third kappa shape index (κ3) is 25.5. The summed E-state index contributed by atoms with van der Waals surface area (Å²) in [6.45, 7) is 4.57. The van der Waals surface area contributed by atoms with E-state index in [2.05, 4.69) is 19.9 Å². The first-order valence-corrected chi connectivity index (χ1v) is 14.5. The summed E-state index contributed by atoms with van der Waals surface area (Å²) in [5, 5.41) is 0. The zero-order chi connectivity index (χ0) is 22.7. The van der Waals surface area contributed by atoms with Crippen LogP contribution in [0.25, 0.3) is 0 Å². The van der Waals surface area contributed by atoms with Gasteiger partial charge < -0.3 is 0 Å². The van der Waals surface area contributed by atoms with Gasteiger partial charge in [0.1, 0.15) is 6.29 Å². The average Bonchev–Trinajstić information content (AvgIpc) is 2.79. The molecule has 0 aliphatic rings. The highest BCUT2D eigenvalue weighted by Crippen LogP contribution is 2.15. The Kier molecular flexibility index (Phi) is 26.9. The first kappa shape index (κ1) is 30.4. The molecule has 0 N–H and O–H groups in total. The van der Waals surface area contributed by atoms with Crippen molar-refractivity contribution >= 4 is 6.29 Å². The van der Waals surface area contributed by atoms with Crippen LogP contribution in [0.4, 0.5) is 0 Å². The highest BCUT2D eigenvalue weighted by molar-refractivity contribution is 5.72. The molecular formula is C30H58O. The van der Waals surface area contributed by atoms with Gasteiger partial charge in [0.15, 0.2) is 0 Å². The molecule has 0 radical (unpaired) electrons. The maximum Gasteiger partial charge on any atom is 0.145 e. The number of hydrogen-bond acceptors (Lipinski definition) is 1. The molecule has 0 amide bonds. The van der Waals surface area contributed by atoms with Gasteiger partial charge in [-0.25, -0.2) is 0 Å². The van der Waals surface area contributed by atoms with Crippen molar-refractivity contribution in [3.8, 4) is 0 Å². The van der Waals surface area contributed by atoms with Gasteiger partial charge in [-0.1, -0.05) is 155 Å². The van der Waals surface area contributed by atoms with E-state index in [4.69, 9.17) is 0 Å². The Balaban J connectivity index is 3.37. The molecule has 0 rings (SSSR count). The minimum Gasteiger partial charge on any atom is -0.298 e. The fourth-order valence-electron chi connectivity index (χ4n) is 4.48. The Bertz CT molecular complexity index is 371. The van der Waals surface area contributed by atoms with E-state index in [1.807, 2.05) is 0 Å². The van der Waals surface area contributed by atoms with Crippen molar-refractivity contribution in [3.63, 3.8) is 0 Å². The van der Waals surface area contributed by atoms with Gasteiger partial charge in [-0.15, -0.1) is 0 Å². The monoisotopic (exact) mass is 434 g/mol. The lowest BCUT2D eigenvalue weighted by molar-refractivity contribution is -0.105. The van der Waals surface area contributed by atoms with Crippen LogP contribution in [0.3, 0.4) is 0 Å². The number of rotatable bonds is 26. The summed E-state index contributed by atoms with van der Waals surface area (Å²) >= 11 is 0. The largest absolute Gasteiger partial charge is 0.298 e. The predicted octanol–water partition coefficient (Wildman–Crippen LogP) is 10.9. The van der Waals surface area contributed by atoms with E-state index in [1.165, 1.54) is 148 Å². The molecular weight excluding hydrogens is 376 g/mol. The summed E-state index contributed by atoms with van der Waals surface area (Å²) in [6.07, 6.45) is 37.2. The Morgan fingerprint density at radius 2 is 0.774 bits per heavy atom.